The Morgan fingerprint density at radius 2 is 1.69 bits per heavy atom. The zero-order valence-corrected chi connectivity index (χ0v) is 17.6. The summed E-state index contributed by atoms with van der Waals surface area (Å²) in [5, 5.41) is 11.6. The Kier molecular flexibility index (Phi) is 6.43. The van der Waals surface area contributed by atoms with E-state index < -0.39 is 24.6 Å². The molecule has 1 aromatic heterocycles. The number of alkyl carbamates (subject to hydrolysis) is 1. The minimum atomic E-state index is -1.21. The molecular weight excluding hydrogens is 434 g/mol. The third-order valence-corrected chi connectivity index (χ3v) is 5.86. The van der Waals surface area contributed by atoms with Crippen molar-refractivity contribution in [3.05, 3.63) is 75.7 Å². The van der Waals surface area contributed by atoms with Gasteiger partial charge in [0.1, 0.15) is 16.5 Å². The molecule has 0 saturated carbocycles. The fourth-order valence-corrected chi connectivity index (χ4v) is 4.25. The molecule has 3 aromatic rings. The van der Waals surface area contributed by atoms with Gasteiger partial charge in [-0.15, -0.1) is 11.3 Å². The van der Waals surface area contributed by atoms with E-state index in [1.54, 1.807) is 0 Å². The number of benzene rings is 2. The van der Waals surface area contributed by atoms with Gasteiger partial charge in [0.25, 0.3) is 5.91 Å². The van der Waals surface area contributed by atoms with Crippen molar-refractivity contribution in [2.24, 2.45) is 0 Å². The highest BCUT2D eigenvalue weighted by Crippen LogP contribution is 2.44. The zero-order valence-electron chi connectivity index (χ0n) is 16.7. The average Bonchev–Trinajstić information content (AvgIpc) is 3.39. The van der Waals surface area contributed by atoms with Crippen molar-refractivity contribution >= 4 is 29.3 Å². The van der Waals surface area contributed by atoms with Crippen LogP contribution in [0.5, 0.6) is 0 Å². The first kappa shape index (κ1) is 21.5. The molecule has 1 aliphatic carbocycles. The number of aromatic nitrogens is 1. The highest BCUT2D eigenvalue weighted by atomic mass is 32.1. The van der Waals surface area contributed by atoms with E-state index >= 15 is 0 Å². The smallest absolute Gasteiger partial charge is 0.407 e. The van der Waals surface area contributed by atoms with Crippen LogP contribution in [0.3, 0.4) is 0 Å². The molecule has 0 fully saturated rings. The van der Waals surface area contributed by atoms with Crippen LogP contribution < -0.4 is 10.8 Å². The van der Waals surface area contributed by atoms with E-state index in [0.29, 0.717) is 5.01 Å². The molecule has 10 heteroatoms. The molecule has 0 unspecified atom stereocenters. The number of rotatable bonds is 8. The number of amides is 2. The van der Waals surface area contributed by atoms with Crippen LogP contribution in [0.4, 0.5) is 4.79 Å². The second-order valence-electron chi connectivity index (χ2n) is 6.91. The third kappa shape index (κ3) is 4.76. The monoisotopic (exact) mass is 453 g/mol. The van der Waals surface area contributed by atoms with E-state index in [1.807, 2.05) is 41.9 Å². The first-order valence-corrected chi connectivity index (χ1v) is 10.5. The second kappa shape index (κ2) is 9.58. The molecule has 0 bridgehead atoms. The highest BCUT2D eigenvalue weighted by Gasteiger charge is 2.29. The molecule has 2 amide bonds. The minimum Gasteiger partial charge on any atom is -0.479 e. The molecule has 0 radical (unpaired) electrons. The Morgan fingerprint density at radius 3 is 2.34 bits per heavy atom. The van der Waals surface area contributed by atoms with Crippen LogP contribution in [0.1, 0.15) is 31.7 Å². The van der Waals surface area contributed by atoms with Gasteiger partial charge in [-0.3, -0.25) is 9.63 Å². The number of ether oxygens (including phenoxy) is 1. The van der Waals surface area contributed by atoms with E-state index in [1.165, 1.54) is 6.20 Å². The molecule has 0 aliphatic heterocycles. The number of thiazole rings is 1. The summed E-state index contributed by atoms with van der Waals surface area (Å²) < 4.78 is 5.46. The first-order chi connectivity index (χ1) is 15.5. The second-order valence-corrected chi connectivity index (χ2v) is 8.03. The fourth-order valence-electron chi connectivity index (χ4n) is 3.51. The fraction of sp³-hybridized carbons (Fsp3) is 0.182. The van der Waals surface area contributed by atoms with Gasteiger partial charge in [0.05, 0.1) is 12.7 Å². The largest absolute Gasteiger partial charge is 0.479 e. The number of carbonyl (C=O) groups excluding carboxylic acids is 2. The quantitative estimate of drug-likeness (QED) is 0.448. The molecule has 0 spiro atoms. The number of hydrogen-bond donors (Lipinski definition) is 3. The number of aliphatic carboxylic acids is 1. The van der Waals surface area contributed by atoms with E-state index in [4.69, 9.17) is 9.84 Å². The van der Waals surface area contributed by atoms with Crippen LogP contribution in [0, 0.1) is 0 Å². The number of hydroxylamine groups is 1. The molecule has 1 heterocycles. The van der Waals surface area contributed by atoms with Crippen molar-refractivity contribution in [1.29, 1.82) is 0 Å². The normalized spacial score (nSPS) is 12.0. The van der Waals surface area contributed by atoms with Gasteiger partial charge in [-0.25, -0.2) is 20.1 Å². The lowest BCUT2D eigenvalue weighted by molar-refractivity contribution is -0.144. The van der Waals surface area contributed by atoms with Crippen LogP contribution in [-0.2, 0) is 20.9 Å². The van der Waals surface area contributed by atoms with E-state index in [2.05, 4.69) is 27.3 Å². The summed E-state index contributed by atoms with van der Waals surface area (Å²) in [5.74, 6) is -1.85. The predicted octanol–water partition coefficient (Wildman–Crippen LogP) is 2.93. The number of nitrogens with zero attached hydrogens (tertiary/aromatic N) is 1. The zero-order chi connectivity index (χ0) is 22.5. The van der Waals surface area contributed by atoms with Crippen molar-refractivity contribution in [1.82, 2.24) is 15.8 Å². The molecule has 0 atom stereocenters. The lowest BCUT2D eigenvalue weighted by Crippen LogP contribution is -2.26. The highest BCUT2D eigenvalue weighted by molar-refractivity contribution is 7.13. The number of nitrogens with one attached hydrogen (secondary N) is 2. The van der Waals surface area contributed by atoms with E-state index in [0.717, 1.165) is 33.6 Å². The molecule has 164 valence electrons. The number of carbonyl (C=O) groups is 3. The van der Waals surface area contributed by atoms with Crippen LogP contribution in [0.25, 0.3) is 11.1 Å². The predicted molar refractivity (Wildman–Crippen MR) is 115 cm³/mol. The summed E-state index contributed by atoms with van der Waals surface area (Å²) in [5.41, 5.74) is 6.57. The lowest BCUT2D eigenvalue weighted by atomic mass is 9.98. The molecule has 9 nitrogen and oxygen atoms in total. The van der Waals surface area contributed by atoms with Gasteiger partial charge in [-0.05, 0) is 22.3 Å². The number of carboxylic acid groups (broad SMARTS) is 1. The van der Waals surface area contributed by atoms with Crippen LogP contribution in [0.15, 0.2) is 54.7 Å². The Hall–Kier alpha value is -3.76. The number of hydrogen-bond acceptors (Lipinski definition) is 7. The maximum Gasteiger partial charge on any atom is 0.407 e. The van der Waals surface area contributed by atoms with Gasteiger partial charge in [0, 0.05) is 5.92 Å². The van der Waals surface area contributed by atoms with Gasteiger partial charge in [-0.2, -0.15) is 0 Å². The molecule has 4 rings (SSSR count). The van der Waals surface area contributed by atoms with Gasteiger partial charge < -0.3 is 15.2 Å². The van der Waals surface area contributed by atoms with Crippen molar-refractivity contribution in [3.8, 4) is 11.1 Å². The number of carboxylic acids is 1. The van der Waals surface area contributed by atoms with Gasteiger partial charge in [-0.1, -0.05) is 48.5 Å². The van der Waals surface area contributed by atoms with E-state index in [-0.39, 0.29) is 23.9 Å². The Morgan fingerprint density at radius 1 is 1.03 bits per heavy atom. The molecular formula is C22H19N3O6S. The van der Waals surface area contributed by atoms with Gasteiger partial charge in [0.15, 0.2) is 6.61 Å². The maximum absolute atomic E-state index is 12.2. The lowest BCUT2D eigenvalue weighted by Gasteiger charge is -2.14. The minimum absolute atomic E-state index is 0.0332. The maximum atomic E-state index is 12.2. The number of fused-ring (bicyclic) bond motifs is 3. The Balaban J connectivity index is 1.29. The topological polar surface area (TPSA) is 127 Å². The van der Waals surface area contributed by atoms with Gasteiger partial charge >= 0.3 is 12.1 Å². The SMILES string of the molecule is O=C(O)CONC(=O)c1cnc(CNC(=O)OCC2c3ccccc3-c3ccccc32)s1. The van der Waals surface area contributed by atoms with Crippen molar-refractivity contribution in [2.45, 2.75) is 12.5 Å². The Bertz CT molecular complexity index is 1120. The molecule has 2 aromatic carbocycles. The summed E-state index contributed by atoms with van der Waals surface area (Å²) in [4.78, 5) is 43.3. The first-order valence-electron chi connectivity index (χ1n) is 9.70. The third-order valence-electron chi connectivity index (χ3n) is 4.87. The molecule has 1 aliphatic rings. The van der Waals surface area contributed by atoms with Crippen molar-refractivity contribution < 1.29 is 29.1 Å². The van der Waals surface area contributed by atoms with Crippen LogP contribution >= 0.6 is 11.3 Å². The summed E-state index contributed by atoms with van der Waals surface area (Å²) in [6.07, 6.45) is 0.733. The molecule has 0 saturated heterocycles. The van der Waals surface area contributed by atoms with E-state index in [9.17, 15) is 14.4 Å². The summed E-state index contributed by atoms with van der Waals surface area (Å²) in [6, 6.07) is 16.2. The average molecular weight is 453 g/mol. The van der Waals surface area contributed by atoms with Crippen molar-refractivity contribution in [2.75, 3.05) is 13.2 Å². The Labute approximate surface area is 187 Å². The molecule has 3 N–H and O–H groups in total. The summed E-state index contributed by atoms with van der Waals surface area (Å²) in [7, 11) is 0. The van der Waals surface area contributed by atoms with Crippen LogP contribution in [-0.4, -0.2) is 41.3 Å². The summed E-state index contributed by atoms with van der Waals surface area (Å²) >= 11 is 1.05. The van der Waals surface area contributed by atoms with Gasteiger partial charge in [0.2, 0.25) is 0 Å². The van der Waals surface area contributed by atoms with Crippen molar-refractivity contribution in [3.63, 3.8) is 0 Å². The standard InChI is InChI=1S/C22H19N3O6S/c26-20(27)12-31-25-21(28)18-9-23-19(32-18)10-24-22(29)30-11-17-15-7-3-1-5-13(15)14-6-2-4-8-16(14)17/h1-9,17H,10-12H2,(H,24,29)(H,25,28)(H,26,27). The summed E-state index contributed by atoms with van der Waals surface area (Å²) in [6.45, 7) is -0.363. The van der Waals surface area contributed by atoms with Crippen LogP contribution in [0.2, 0.25) is 0 Å². The molecule has 32 heavy (non-hydrogen) atoms.